The van der Waals surface area contributed by atoms with Gasteiger partial charge in [-0.15, -0.1) is 13.2 Å². The zero-order chi connectivity index (χ0) is 17.9. The van der Waals surface area contributed by atoms with Crippen molar-refractivity contribution >= 4 is 5.91 Å². The van der Waals surface area contributed by atoms with Gasteiger partial charge >= 0.3 is 6.36 Å². The standard InChI is InChI=1S/C17H14F3NO4/c18-17(19,20)25-12-7-5-11(6-8-12)9-21-16(22)15-10-23-13-3-1-2-4-14(13)24-15/h1-8,15H,9-10H2,(H,21,22). The first kappa shape index (κ1) is 16.9. The fourth-order valence-corrected chi connectivity index (χ4v) is 2.26. The highest BCUT2D eigenvalue weighted by atomic mass is 19.4. The first-order chi connectivity index (χ1) is 11.9. The quantitative estimate of drug-likeness (QED) is 0.918. The summed E-state index contributed by atoms with van der Waals surface area (Å²) in [7, 11) is 0. The van der Waals surface area contributed by atoms with E-state index in [4.69, 9.17) is 9.47 Å². The topological polar surface area (TPSA) is 56.8 Å². The Morgan fingerprint density at radius 1 is 1.12 bits per heavy atom. The molecule has 2 aromatic carbocycles. The number of hydrogen-bond donors (Lipinski definition) is 1. The van der Waals surface area contributed by atoms with Crippen molar-refractivity contribution in [2.24, 2.45) is 0 Å². The molecule has 8 heteroatoms. The van der Waals surface area contributed by atoms with Gasteiger partial charge in [0.2, 0.25) is 6.10 Å². The Morgan fingerprint density at radius 2 is 1.80 bits per heavy atom. The Bertz CT molecular complexity index is 746. The normalized spacial score (nSPS) is 16.2. The zero-order valence-electron chi connectivity index (χ0n) is 12.9. The molecule has 1 aliphatic rings. The number of carbonyl (C=O) groups is 1. The minimum atomic E-state index is -4.73. The van der Waals surface area contributed by atoms with Gasteiger partial charge in [-0.05, 0) is 29.8 Å². The van der Waals surface area contributed by atoms with E-state index < -0.39 is 12.5 Å². The second kappa shape index (κ2) is 6.92. The molecule has 0 bridgehead atoms. The minimum absolute atomic E-state index is 0.0845. The van der Waals surface area contributed by atoms with Crippen LogP contribution in [-0.2, 0) is 11.3 Å². The molecule has 0 aliphatic carbocycles. The second-order valence-corrected chi connectivity index (χ2v) is 5.27. The highest BCUT2D eigenvalue weighted by Crippen LogP contribution is 2.30. The Morgan fingerprint density at radius 3 is 2.48 bits per heavy atom. The molecule has 3 rings (SSSR count). The van der Waals surface area contributed by atoms with Gasteiger partial charge in [-0.2, -0.15) is 0 Å². The number of fused-ring (bicyclic) bond motifs is 1. The van der Waals surface area contributed by atoms with E-state index in [1.807, 2.05) is 0 Å². The lowest BCUT2D eigenvalue weighted by atomic mass is 10.2. The predicted octanol–water partition coefficient (Wildman–Crippen LogP) is 3.04. The highest BCUT2D eigenvalue weighted by Gasteiger charge is 2.31. The largest absolute Gasteiger partial charge is 0.573 e. The van der Waals surface area contributed by atoms with Crippen molar-refractivity contribution in [2.45, 2.75) is 19.0 Å². The smallest absolute Gasteiger partial charge is 0.485 e. The van der Waals surface area contributed by atoms with Crippen LogP contribution >= 0.6 is 0 Å². The summed E-state index contributed by atoms with van der Waals surface area (Å²) in [6.45, 7) is 0.230. The van der Waals surface area contributed by atoms with Crippen molar-refractivity contribution in [3.05, 3.63) is 54.1 Å². The fourth-order valence-electron chi connectivity index (χ4n) is 2.26. The number of nitrogens with one attached hydrogen (secondary N) is 1. The molecule has 1 unspecified atom stereocenters. The zero-order valence-corrected chi connectivity index (χ0v) is 12.9. The van der Waals surface area contributed by atoms with Crippen LogP contribution in [0, 0.1) is 0 Å². The van der Waals surface area contributed by atoms with Crippen LogP contribution in [0.1, 0.15) is 5.56 Å². The van der Waals surface area contributed by atoms with E-state index in [0.29, 0.717) is 17.1 Å². The third-order valence-corrected chi connectivity index (χ3v) is 3.42. The molecule has 25 heavy (non-hydrogen) atoms. The molecule has 2 aromatic rings. The summed E-state index contributed by atoms with van der Waals surface area (Å²) in [5.41, 5.74) is 0.625. The highest BCUT2D eigenvalue weighted by molar-refractivity contribution is 5.81. The summed E-state index contributed by atoms with van der Waals surface area (Å²) >= 11 is 0. The Hall–Kier alpha value is -2.90. The maximum atomic E-state index is 12.1. The SMILES string of the molecule is O=C(NCc1ccc(OC(F)(F)F)cc1)C1COc2ccccc2O1. The molecule has 1 heterocycles. The van der Waals surface area contributed by atoms with E-state index in [-0.39, 0.29) is 24.8 Å². The molecule has 0 saturated heterocycles. The van der Waals surface area contributed by atoms with Crippen LogP contribution in [0.5, 0.6) is 17.2 Å². The molecule has 0 radical (unpaired) electrons. The minimum Gasteiger partial charge on any atom is -0.485 e. The lowest BCUT2D eigenvalue weighted by Crippen LogP contribution is -2.43. The Kier molecular flexibility index (Phi) is 4.69. The van der Waals surface area contributed by atoms with Crippen LogP contribution in [0.3, 0.4) is 0 Å². The summed E-state index contributed by atoms with van der Waals surface area (Å²) in [6, 6.07) is 12.3. The van der Waals surface area contributed by atoms with Crippen LogP contribution in [-0.4, -0.2) is 25.0 Å². The number of carbonyl (C=O) groups excluding carboxylic acids is 1. The molecule has 132 valence electrons. The number of rotatable bonds is 4. The summed E-state index contributed by atoms with van der Waals surface area (Å²) in [6.07, 6.45) is -5.52. The first-order valence-electron chi connectivity index (χ1n) is 7.41. The van der Waals surface area contributed by atoms with Gasteiger partial charge in [0, 0.05) is 6.54 Å². The molecular formula is C17H14F3NO4. The van der Waals surface area contributed by atoms with Gasteiger partial charge in [0.05, 0.1) is 0 Å². The predicted molar refractivity (Wildman–Crippen MR) is 81.3 cm³/mol. The number of ether oxygens (including phenoxy) is 3. The number of amides is 1. The average molecular weight is 353 g/mol. The first-order valence-corrected chi connectivity index (χ1v) is 7.41. The molecule has 1 aliphatic heterocycles. The van der Waals surface area contributed by atoms with E-state index in [1.165, 1.54) is 24.3 Å². The third kappa shape index (κ3) is 4.56. The van der Waals surface area contributed by atoms with E-state index in [0.717, 1.165) is 0 Å². The van der Waals surface area contributed by atoms with Crippen LogP contribution in [0.4, 0.5) is 13.2 Å². The Labute approximate surface area is 141 Å². The molecule has 1 atom stereocenters. The molecule has 1 N–H and O–H groups in total. The van der Waals surface area contributed by atoms with Crippen molar-refractivity contribution in [3.63, 3.8) is 0 Å². The van der Waals surface area contributed by atoms with Crippen molar-refractivity contribution in [1.29, 1.82) is 0 Å². The summed E-state index contributed by atoms with van der Waals surface area (Å²) in [5.74, 6) is 0.377. The molecular weight excluding hydrogens is 339 g/mol. The van der Waals surface area contributed by atoms with Gasteiger partial charge in [-0.3, -0.25) is 4.79 Å². The molecule has 0 fully saturated rings. The van der Waals surface area contributed by atoms with Gasteiger partial charge in [0.1, 0.15) is 12.4 Å². The van der Waals surface area contributed by atoms with Crippen LogP contribution in [0.2, 0.25) is 0 Å². The van der Waals surface area contributed by atoms with Gasteiger partial charge in [-0.1, -0.05) is 24.3 Å². The number of halogens is 3. The lowest BCUT2D eigenvalue weighted by Gasteiger charge is -2.25. The van der Waals surface area contributed by atoms with Crippen LogP contribution < -0.4 is 19.5 Å². The maximum Gasteiger partial charge on any atom is 0.573 e. The number of alkyl halides is 3. The van der Waals surface area contributed by atoms with E-state index in [2.05, 4.69) is 10.1 Å². The molecule has 5 nitrogen and oxygen atoms in total. The van der Waals surface area contributed by atoms with Crippen molar-refractivity contribution in [3.8, 4) is 17.2 Å². The summed E-state index contributed by atoms with van der Waals surface area (Å²) < 4.78 is 51.1. The molecule has 0 saturated carbocycles. The van der Waals surface area contributed by atoms with E-state index >= 15 is 0 Å². The lowest BCUT2D eigenvalue weighted by molar-refractivity contribution is -0.274. The Balaban J connectivity index is 1.53. The summed E-state index contributed by atoms with van der Waals surface area (Å²) in [4.78, 5) is 12.1. The average Bonchev–Trinajstić information content (AvgIpc) is 2.59. The van der Waals surface area contributed by atoms with Crippen molar-refractivity contribution in [1.82, 2.24) is 5.32 Å². The fraction of sp³-hybridized carbons (Fsp3) is 0.235. The van der Waals surface area contributed by atoms with Gasteiger partial charge < -0.3 is 19.5 Å². The monoisotopic (exact) mass is 353 g/mol. The van der Waals surface area contributed by atoms with Crippen molar-refractivity contribution < 1.29 is 32.2 Å². The van der Waals surface area contributed by atoms with Gasteiger partial charge in [0.25, 0.3) is 5.91 Å². The molecule has 0 spiro atoms. The number of benzene rings is 2. The summed E-state index contributed by atoms with van der Waals surface area (Å²) in [5, 5.41) is 2.66. The third-order valence-electron chi connectivity index (χ3n) is 3.42. The van der Waals surface area contributed by atoms with Crippen LogP contribution in [0.25, 0.3) is 0 Å². The van der Waals surface area contributed by atoms with E-state index in [9.17, 15) is 18.0 Å². The number of para-hydroxylation sites is 2. The van der Waals surface area contributed by atoms with E-state index in [1.54, 1.807) is 24.3 Å². The maximum absolute atomic E-state index is 12.1. The molecule has 0 aromatic heterocycles. The number of hydrogen-bond acceptors (Lipinski definition) is 4. The van der Waals surface area contributed by atoms with Crippen LogP contribution in [0.15, 0.2) is 48.5 Å². The molecule has 1 amide bonds. The van der Waals surface area contributed by atoms with Gasteiger partial charge in [0.15, 0.2) is 11.5 Å². The second-order valence-electron chi connectivity index (χ2n) is 5.27. The van der Waals surface area contributed by atoms with Crippen molar-refractivity contribution in [2.75, 3.05) is 6.61 Å². The van der Waals surface area contributed by atoms with Gasteiger partial charge in [-0.25, -0.2) is 0 Å².